The van der Waals surface area contributed by atoms with E-state index in [-0.39, 0.29) is 16.5 Å². The number of allylic oxidation sites excluding steroid dienone is 1. The van der Waals surface area contributed by atoms with Gasteiger partial charge in [-0.2, -0.15) is 10.2 Å². The van der Waals surface area contributed by atoms with Crippen molar-refractivity contribution in [2.45, 2.75) is 31.3 Å². The predicted molar refractivity (Wildman–Crippen MR) is 113 cm³/mol. The standard InChI is InChI=1S/C26H24N2/c1-24(2)25(20-11-4-3-5-12-20)22-13-8-14-23(22)26(24,28-27-25)21-16-15-18-9-6-7-10-19(18)17-21/h3-12,14-17,22-23H,13H2,1-2H3/t22-,23+,25-,26+/m1/s1. The van der Waals surface area contributed by atoms with Crippen molar-refractivity contribution in [3.8, 4) is 0 Å². The lowest BCUT2D eigenvalue weighted by Crippen LogP contribution is -2.44. The van der Waals surface area contributed by atoms with Crippen LogP contribution in [-0.2, 0) is 11.1 Å². The van der Waals surface area contributed by atoms with Crippen LogP contribution in [-0.4, -0.2) is 0 Å². The molecule has 1 fully saturated rings. The third-order valence-electron chi connectivity index (χ3n) is 7.86. The fraction of sp³-hybridized carbons (Fsp3) is 0.308. The molecule has 3 aliphatic rings. The number of hydrogen-bond acceptors (Lipinski definition) is 2. The Morgan fingerprint density at radius 1 is 0.750 bits per heavy atom. The molecule has 6 rings (SSSR count). The summed E-state index contributed by atoms with van der Waals surface area (Å²) in [7, 11) is 0. The van der Waals surface area contributed by atoms with Gasteiger partial charge in [0.25, 0.3) is 0 Å². The minimum absolute atomic E-state index is 0.107. The van der Waals surface area contributed by atoms with Crippen molar-refractivity contribution in [1.29, 1.82) is 0 Å². The first-order chi connectivity index (χ1) is 13.6. The summed E-state index contributed by atoms with van der Waals surface area (Å²) in [5.41, 5.74) is 1.92. The summed E-state index contributed by atoms with van der Waals surface area (Å²) in [6, 6.07) is 26.4. The molecule has 2 nitrogen and oxygen atoms in total. The van der Waals surface area contributed by atoms with E-state index in [1.165, 1.54) is 21.9 Å². The Morgan fingerprint density at radius 2 is 1.46 bits per heavy atom. The minimum atomic E-state index is -0.315. The smallest absolute Gasteiger partial charge is 0.121 e. The first-order valence-corrected chi connectivity index (χ1v) is 10.3. The maximum Gasteiger partial charge on any atom is 0.121 e. The molecule has 3 aromatic rings. The van der Waals surface area contributed by atoms with Gasteiger partial charge in [0, 0.05) is 17.3 Å². The van der Waals surface area contributed by atoms with Crippen molar-refractivity contribution >= 4 is 10.8 Å². The normalized spacial score (nSPS) is 34.2. The highest BCUT2D eigenvalue weighted by atomic mass is 15.3. The number of nitrogens with zero attached hydrogens (tertiary/aromatic N) is 2. The Balaban J connectivity index is 1.63. The highest BCUT2D eigenvalue weighted by Gasteiger charge is 2.77. The predicted octanol–water partition coefficient (Wildman–Crippen LogP) is 6.63. The van der Waals surface area contributed by atoms with Crippen LogP contribution in [0.15, 0.2) is 95.2 Å². The summed E-state index contributed by atoms with van der Waals surface area (Å²) in [6.45, 7) is 4.78. The Labute approximate surface area is 166 Å². The van der Waals surface area contributed by atoms with E-state index >= 15 is 0 Å². The summed E-state index contributed by atoms with van der Waals surface area (Å²) in [4.78, 5) is 0. The van der Waals surface area contributed by atoms with Crippen LogP contribution in [0.4, 0.5) is 0 Å². The Kier molecular flexibility index (Phi) is 3.01. The second-order valence-electron chi connectivity index (χ2n) is 9.08. The maximum absolute atomic E-state index is 5.13. The lowest BCUT2D eigenvalue weighted by atomic mass is 9.61. The molecule has 0 saturated heterocycles. The zero-order valence-electron chi connectivity index (χ0n) is 16.3. The second kappa shape index (κ2) is 5.20. The molecule has 2 aliphatic carbocycles. The van der Waals surface area contributed by atoms with Gasteiger partial charge in [0.05, 0.1) is 0 Å². The van der Waals surface area contributed by atoms with Crippen LogP contribution in [0.5, 0.6) is 0 Å². The molecule has 0 N–H and O–H groups in total. The second-order valence-corrected chi connectivity index (χ2v) is 9.08. The van der Waals surface area contributed by atoms with Gasteiger partial charge >= 0.3 is 0 Å². The largest absolute Gasteiger partial charge is 0.181 e. The number of hydrogen-bond donors (Lipinski definition) is 0. The van der Waals surface area contributed by atoms with Gasteiger partial charge in [-0.05, 0) is 34.4 Å². The number of fused-ring (bicyclic) bond motifs is 6. The fourth-order valence-corrected chi connectivity index (χ4v) is 6.59. The van der Waals surface area contributed by atoms with Crippen LogP contribution >= 0.6 is 0 Å². The lowest BCUT2D eigenvalue weighted by molar-refractivity contribution is 0.150. The molecule has 2 heteroatoms. The van der Waals surface area contributed by atoms with Gasteiger partial charge < -0.3 is 0 Å². The summed E-state index contributed by atoms with van der Waals surface area (Å²) in [6.07, 6.45) is 5.86. The van der Waals surface area contributed by atoms with Gasteiger partial charge in [-0.1, -0.05) is 92.7 Å². The maximum atomic E-state index is 5.13. The van der Waals surface area contributed by atoms with Gasteiger partial charge in [-0.15, -0.1) is 0 Å². The van der Waals surface area contributed by atoms with E-state index in [1.54, 1.807) is 0 Å². The van der Waals surface area contributed by atoms with E-state index < -0.39 is 0 Å². The minimum Gasteiger partial charge on any atom is -0.181 e. The summed E-state index contributed by atoms with van der Waals surface area (Å²) in [5.74, 6) is 0.857. The molecule has 3 aromatic carbocycles. The van der Waals surface area contributed by atoms with Gasteiger partial charge in [0.15, 0.2) is 0 Å². The molecule has 1 aliphatic heterocycles. The first kappa shape index (κ1) is 16.2. The van der Waals surface area contributed by atoms with E-state index in [0.717, 1.165) is 6.42 Å². The van der Waals surface area contributed by atoms with Gasteiger partial charge in [-0.3, -0.25) is 0 Å². The van der Waals surface area contributed by atoms with Crippen molar-refractivity contribution in [2.24, 2.45) is 27.5 Å². The van der Waals surface area contributed by atoms with Crippen LogP contribution in [0.2, 0.25) is 0 Å². The number of rotatable bonds is 2. The molecule has 28 heavy (non-hydrogen) atoms. The SMILES string of the molecule is CC1(C)[C@]2(c3ccccc3)N=N[C@@]1(c1ccc3ccccc3c1)[C@H]1C=CC[C@H]12. The van der Waals surface area contributed by atoms with Crippen LogP contribution in [0.3, 0.4) is 0 Å². The van der Waals surface area contributed by atoms with Gasteiger partial charge in [0.2, 0.25) is 0 Å². The summed E-state index contributed by atoms with van der Waals surface area (Å²) < 4.78 is 0. The Hall–Kier alpha value is -2.74. The monoisotopic (exact) mass is 364 g/mol. The molecular weight excluding hydrogens is 340 g/mol. The molecule has 0 amide bonds. The highest BCUT2D eigenvalue weighted by Crippen LogP contribution is 2.76. The average Bonchev–Trinajstić information content (AvgIpc) is 3.35. The quantitative estimate of drug-likeness (QED) is 0.456. The topological polar surface area (TPSA) is 24.7 Å². The molecule has 0 aromatic heterocycles. The molecule has 138 valence electrons. The first-order valence-electron chi connectivity index (χ1n) is 10.3. The van der Waals surface area contributed by atoms with Crippen LogP contribution in [0.1, 0.15) is 31.4 Å². The Morgan fingerprint density at radius 3 is 2.29 bits per heavy atom. The number of azo groups is 1. The molecule has 2 bridgehead atoms. The third-order valence-corrected chi connectivity index (χ3v) is 7.86. The van der Waals surface area contributed by atoms with E-state index in [1.807, 2.05) is 0 Å². The van der Waals surface area contributed by atoms with Crippen molar-refractivity contribution in [3.63, 3.8) is 0 Å². The molecular formula is C26H24N2. The third kappa shape index (κ3) is 1.62. The van der Waals surface area contributed by atoms with E-state index in [4.69, 9.17) is 10.2 Å². The molecule has 0 radical (unpaired) electrons. The van der Waals surface area contributed by atoms with E-state index in [9.17, 15) is 0 Å². The van der Waals surface area contributed by atoms with Crippen LogP contribution in [0.25, 0.3) is 10.8 Å². The van der Waals surface area contributed by atoms with Gasteiger partial charge in [-0.25, -0.2) is 0 Å². The number of benzene rings is 3. The fourth-order valence-electron chi connectivity index (χ4n) is 6.59. The molecule has 1 heterocycles. The lowest BCUT2D eigenvalue weighted by Gasteiger charge is -2.41. The van der Waals surface area contributed by atoms with E-state index in [0.29, 0.717) is 11.8 Å². The molecule has 4 atom stereocenters. The molecule has 0 unspecified atom stereocenters. The van der Waals surface area contributed by atoms with Crippen LogP contribution in [0, 0.1) is 17.3 Å². The van der Waals surface area contributed by atoms with Crippen LogP contribution < -0.4 is 0 Å². The van der Waals surface area contributed by atoms with Crippen molar-refractivity contribution in [2.75, 3.05) is 0 Å². The molecule has 1 saturated carbocycles. The average molecular weight is 364 g/mol. The van der Waals surface area contributed by atoms with Crippen molar-refractivity contribution < 1.29 is 0 Å². The Bertz CT molecular complexity index is 1140. The summed E-state index contributed by atoms with van der Waals surface area (Å²) in [5, 5.41) is 12.8. The van der Waals surface area contributed by atoms with Crippen molar-refractivity contribution in [3.05, 3.63) is 96.1 Å². The zero-order chi connectivity index (χ0) is 19.0. The zero-order valence-corrected chi connectivity index (χ0v) is 16.3. The van der Waals surface area contributed by atoms with Crippen molar-refractivity contribution in [1.82, 2.24) is 0 Å². The van der Waals surface area contributed by atoms with E-state index in [2.05, 4.69) is 98.8 Å². The molecule has 0 spiro atoms. The summed E-state index contributed by atoms with van der Waals surface area (Å²) >= 11 is 0. The van der Waals surface area contributed by atoms with Gasteiger partial charge in [0.1, 0.15) is 11.1 Å². The highest BCUT2D eigenvalue weighted by molar-refractivity contribution is 5.83.